The van der Waals surface area contributed by atoms with E-state index in [1.165, 1.54) is 0 Å². The SMILES string of the molecule is Cc1nc(-c2cccs2)sc1CNC(=O)c1ccccn1. The third kappa shape index (κ3) is 3.17. The lowest BCUT2D eigenvalue weighted by Gasteiger charge is -2.02. The highest BCUT2D eigenvalue weighted by Crippen LogP contribution is 2.30. The van der Waals surface area contributed by atoms with Gasteiger partial charge in [-0.2, -0.15) is 0 Å². The number of aromatic nitrogens is 2. The van der Waals surface area contributed by atoms with Gasteiger partial charge in [0.2, 0.25) is 0 Å². The second kappa shape index (κ2) is 6.15. The fraction of sp³-hybridized carbons (Fsp3) is 0.133. The van der Waals surface area contributed by atoms with Gasteiger partial charge in [-0.15, -0.1) is 22.7 Å². The van der Waals surface area contributed by atoms with Crippen LogP contribution in [0.15, 0.2) is 41.9 Å². The van der Waals surface area contributed by atoms with E-state index in [1.54, 1.807) is 47.1 Å². The molecule has 3 aromatic rings. The number of aryl methyl sites for hydroxylation is 1. The molecule has 0 saturated heterocycles. The molecule has 3 heterocycles. The van der Waals surface area contributed by atoms with Crippen LogP contribution >= 0.6 is 22.7 Å². The Labute approximate surface area is 130 Å². The Morgan fingerprint density at radius 1 is 1.29 bits per heavy atom. The molecule has 1 N–H and O–H groups in total. The predicted octanol–water partition coefficient (Wildman–Crippen LogP) is 3.51. The maximum absolute atomic E-state index is 12.0. The van der Waals surface area contributed by atoms with Crippen molar-refractivity contribution in [3.63, 3.8) is 0 Å². The van der Waals surface area contributed by atoms with E-state index in [4.69, 9.17) is 0 Å². The van der Waals surface area contributed by atoms with Gasteiger partial charge in [0.05, 0.1) is 17.1 Å². The summed E-state index contributed by atoms with van der Waals surface area (Å²) in [5.74, 6) is -0.166. The molecule has 0 spiro atoms. The third-order valence-electron chi connectivity index (χ3n) is 2.93. The summed E-state index contributed by atoms with van der Waals surface area (Å²) in [6.45, 7) is 2.44. The van der Waals surface area contributed by atoms with Crippen LogP contribution in [0.3, 0.4) is 0 Å². The molecule has 21 heavy (non-hydrogen) atoms. The molecule has 0 unspecified atom stereocenters. The van der Waals surface area contributed by atoms with Crippen molar-refractivity contribution in [3.8, 4) is 9.88 Å². The summed E-state index contributed by atoms with van der Waals surface area (Å²) in [6, 6.07) is 9.36. The van der Waals surface area contributed by atoms with E-state index in [1.807, 2.05) is 18.4 Å². The number of pyridine rings is 1. The zero-order chi connectivity index (χ0) is 14.7. The largest absolute Gasteiger partial charge is 0.346 e. The zero-order valence-corrected chi connectivity index (χ0v) is 13.0. The molecule has 0 atom stereocenters. The van der Waals surface area contributed by atoms with Crippen molar-refractivity contribution in [2.75, 3.05) is 0 Å². The number of nitrogens with one attached hydrogen (secondary N) is 1. The molecule has 0 aromatic carbocycles. The number of hydrogen-bond donors (Lipinski definition) is 1. The van der Waals surface area contributed by atoms with Gasteiger partial charge in [-0.1, -0.05) is 12.1 Å². The first-order valence-corrected chi connectivity index (χ1v) is 8.13. The lowest BCUT2D eigenvalue weighted by molar-refractivity contribution is 0.0946. The Hall–Kier alpha value is -2.05. The Morgan fingerprint density at radius 2 is 2.19 bits per heavy atom. The first-order chi connectivity index (χ1) is 10.2. The quantitative estimate of drug-likeness (QED) is 0.801. The zero-order valence-electron chi connectivity index (χ0n) is 11.4. The summed E-state index contributed by atoms with van der Waals surface area (Å²) in [6.07, 6.45) is 1.61. The van der Waals surface area contributed by atoms with Gasteiger partial charge < -0.3 is 5.32 Å². The summed E-state index contributed by atoms with van der Waals surface area (Å²) >= 11 is 3.29. The lowest BCUT2D eigenvalue weighted by Crippen LogP contribution is -2.23. The molecule has 0 aliphatic rings. The molecule has 0 fully saturated rings. The van der Waals surface area contributed by atoms with Crippen LogP contribution in [0.5, 0.6) is 0 Å². The van der Waals surface area contributed by atoms with Gasteiger partial charge >= 0.3 is 0 Å². The highest BCUT2D eigenvalue weighted by molar-refractivity contribution is 7.21. The normalized spacial score (nSPS) is 10.5. The van der Waals surface area contributed by atoms with Crippen molar-refractivity contribution < 1.29 is 4.79 Å². The van der Waals surface area contributed by atoms with Gasteiger partial charge in [0.1, 0.15) is 10.7 Å². The molecule has 0 aliphatic carbocycles. The molecule has 0 bridgehead atoms. The number of rotatable bonds is 4. The Morgan fingerprint density at radius 3 is 2.90 bits per heavy atom. The van der Waals surface area contributed by atoms with Crippen LogP contribution in [0.4, 0.5) is 0 Å². The molecule has 1 amide bonds. The molecular formula is C15H13N3OS2. The van der Waals surface area contributed by atoms with Gasteiger partial charge in [0.15, 0.2) is 0 Å². The van der Waals surface area contributed by atoms with Crippen LogP contribution in [0, 0.1) is 6.92 Å². The maximum Gasteiger partial charge on any atom is 0.270 e. The Kier molecular flexibility index (Phi) is 4.08. The molecule has 0 aliphatic heterocycles. The molecule has 106 valence electrons. The number of thiophene rings is 1. The highest BCUT2D eigenvalue weighted by Gasteiger charge is 2.12. The average Bonchev–Trinajstić information content (AvgIpc) is 3.15. The topological polar surface area (TPSA) is 54.9 Å². The minimum atomic E-state index is -0.166. The van der Waals surface area contributed by atoms with E-state index in [2.05, 4.69) is 21.4 Å². The third-order valence-corrected chi connectivity index (χ3v) is 5.13. The average molecular weight is 315 g/mol. The summed E-state index contributed by atoms with van der Waals surface area (Å²) in [5, 5.41) is 5.93. The number of carbonyl (C=O) groups is 1. The van der Waals surface area contributed by atoms with Crippen molar-refractivity contribution in [2.24, 2.45) is 0 Å². The summed E-state index contributed by atoms with van der Waals surface area (Å²) < 4.78 is 0. The Balaban J connectivity index is 1.70. The predicted molar refractivity (Wildman–Crippen MR) is 85.6 cm³/mol. The monoisotopic (exact) mass is 315 g/mol. The Bertz CT molecular complexity index is 736. The number of thiazole rings is 1. The summed E-state index contributed by atoms with van der Waals surface area (Å²) in [5.41, 5.74) is 1.39. The van der Waals surface area contributed by atoms with E-state index >= 15 is 0 Å². The maximum atomic E-state index is 12.0. The van der Waals surface area contributed by atoms with Crippen LogP contribution in [-0.2, 0) is 6.54 Å². The number of hydrogen-bond acceptors (Lipinski definition) is 5. The van der Waals surface area contributed by atoms with Gasteiger partial charge in [-0.3, -0.25) is 9.78 Å². The lowest BCUT2D eigenvalue weighted by atomic mass is 10.3. The van der Waals surface area contributed by atoms with Crippen LogP contribution in [-0.4, -0.2) is 15.9 Å². The molecule has 6 heteroatoms. The number of amides is 1. The first-order valence-electron chi connectivity index (χ1n) is 6.43. The molecule has 4 nitrogen and oxygen atoms in total. The van der Waals surface area contributed by atoms with Crippen LogP contribution < -0.4 is 5.32 Å². The number of carbonyl (C=O) groups excluding carboxylic acids is 1. The van der Waals surface area contributed by atoms with E-state index < -0.39 is 0 Å². The van der Waals surface area contributed by atoms with Crippen molar-refractivity contribution in [1.29, 1.82) is 0 Å². The standard InChI is InChI=1S/C15H13N3OS2/c1-10-13(21-15(18-10)12-6-4-8-20-12)9-17-14(19)11-5-2-3-7-16-11/h2-8H,9H2,1H3,(H,17,19). The minimum absolute atomic E-state index is 0.166. The van der Waals surface area contributed by atoms with Crippen molar-refractivity contribution in [2.45, 2.75) is 13.5 Å². The van der Waals surface area contributed by atoms with E-state index in [9.17, 15) is 4.79 Å². The van der Waals surface area contributed by atoms with E-state index in [0.29, 0.717) is 12.2 Å². The summed E-state index contributed by atoms with van der Waals surface area (Å²) in [4.78, 5) is 22.8. The van der Waals surface area contributed by atoms with Crippen LogP contribution in [0.25, 0.3) is 9.88 Å². The van der Waals surface area contributed by atoms with Crippen molar-refractivity contribution >= 4 is 28.6 Å². The van der Waals surface area contributed by atoms with Gasteiger partial charge in [0, 0.05) is 11.1 Å². The van der Waals surface area contributed by atoms with E-state index in [-0.39, 0.29) is 5.91 Å². The fourth-order valence-corrected chi connectivity index (χ4v) is 3.64. The molecule has 0 radical (unpaired) electrons. The van der Waals surface area contributed by atoms with E-state index in [0.717, 1.165) is 20.5 Å². The van der Waals surface area contributed by atoms with Gasteiger partial charge in [-0.05, 0) is 30.5 Å². The van der Waals surface area contributed by atoms with Gasteiger partial charge in [0.25, 0.3) is 5.91 Å². The number of nitrogens with zero attached hydrogens (tertiary/aromatic N) is 2. The van der Waals surface area contributed by atoms with Crippen LogP contribution in [0.1, 0.15) is 21.1 Å². The molecule has 3 aromatic heterocycles. The second-order valence-electron chi connectivity index (χ2n) is 4.40. The molecular weight excluding hydrogens is 302 g/mol. The second-order valence-corrected chi connectivity index (χ2v) is 6.43. The fourth-order valence-electron chi connectivity index (χ4n) is 1.85. The minimum Gasteiger partial charge on any atom is -0.346 e. The molecule has 0 saturated carbocycles. The van der Waals surface area contributed by atoms with Crippen LogP contribution in [0.2, 0.25) is 0 Å². The highest BCUT2D eigenvalue weighted by atomic mass is 32.1. The smallest absolute Gasteiger partial charge is 0.270 e. The van der Waals surface area contributed by atoms with Crippen molar-refractivity contribution in [3.05, 3.63) is 58.2 Å². The van der Waals surface area contributed by atoms with Gasteiger partial charge in [-0.25, -0.2) is 4.98 Å². The first kappa shape index (κ1) is 13.9. The molecule has 3 rings (SSSR count). The summed E-state index contributed by atoms with van der Waals surface area (Å²) in [7, 11) is 0. The van der Waals surface area contributed by atoms with Crippen molar-refractivity contribution in [1.82, 2.24) is 15.3 Å².